The molecule has 4 rings (SSSR count). The molecule has 0 N–H and O–H groups in total. The van der Waals surface area contributed by atoms with Gasteiger partial charge in [0.1, 0.15) is 0 Å². The Labute approximate surface area is 211 Å². The molecule has 0 fully saturated rings. The first-order chi connectivity index (χ1) is 16.9. The molecule has 0 aromatic carbocycles. The fourth-order valence-corrected chi connectivity index (χ4v) is 2.06. The predicted molar refractivity (Wildman–Crippen MR) is 121 cm³/mol. The molecule has 0 aliphatic rings. The Kier molecular flexibility index (Phi) is 16.4. The van der Waals surface area contributed by atoms with Gasteiger partial charge in [-0.2, -0.15) is 0 Å². The van der Waals surface area contributed by atoms with Gasteiger partial charge in [-0.3, -0.25) is 19.9 Å². The molecule has 4 heterocycles. The molecule has 0 amide bonds. The fraction of sp³-hybridized carbons (Fsp3) is 0.0476. The molecule has 0 saturated carbocycles. The molecule has 4 aromatic rings. The van der Waals surface area contributed by atoms with Crippen LogP contribution < -0.4 is 0 Å². The van der Waals surface area contributed by atoms with E-state index in [1.165, 1.54) is 0 Å². The monoisotopic (exact) mass is 557 g/mol. The van der Waals surface area contributed by atoms with E-state index < -0.39 is 14.5 Å². The number of rotatable bonds is 2. The summed E-state index contributed by atoms with van der Waals surface area (Å²) in [6.45, 7) is 0. The van der Waals surface area contributed by atoms with E-state index in [0.717, 1.165) is 22.8 Å². The summed E-state index contributed by atoms with van der Waals surface area (Å²) in [5.41, 5.74) is 3.66. The summed E-state index contributed by atoms with van der Waals surface area (Å²) in [6, 6.07) is 23.2. The Morgan fingerprint density at radius 2 is 0.583 bits per heavy atom. The van der Waals surface area contributed by atoms with Crippen molar-refractivity contribution in [2.75, 3.05) is 0 Å². The fourth-order valence-electron chi connectivity index (χ4n) is 2.06. The van der Waals surface area contributed by atoms with Gasteiger partial charge >= 0.3 is 36.3 Å². The van der Waals surface area contributed by atoms with Crippen LogP contribution in [0.2, 0.25) is 5.82 Å². The van der Waals surface area contributed by atoms with Crippen LogP contribution in [0, 0.1) is 0 Å². The third-order valence-electron chi connectivity index (χ3n) is 3.18. The zero-order valence-electron chi connectivity index (χ0n) is 18.6. The minimum Gasteiger partial charge on any atom is -0.255 e. The summed E-state index contributed by atoms with van der Waals surface area (Å²) >= 11 is 3.25. The maximum absolute atomic E-state index is 9.75. The SMILES string of the molecule is F[B-](F)(F)F.F[B-](F)(F)F.[CH3][Fe+2].c1ccc(-c2ccccn2)nc1.c1ccc(-c2ccccn2)nc1. The second-order valence-corrected chi connectivity index (χ2v) is 5.85. The molecule has 193 valence electrons. The first-order valence-corrected chi connectivity index (χ1v) is 10.8. The van der Waals surface area contributed by atoms with Crippen LogP contribution in [-0.4, -0.2) is 34.4 Å². The van der Waals surface area contributed by atoms with Crippen molar-refractivity contribution >= 4 is 14.5 Å². The first-order valence-electron chi connectivity index (χ1n) is 9.68. The van der Waals surface area contributed by atoms with E-state index in [9.17, 15) is 34.5 Å². The van der Waals surface area contributed by atoms with Gasteiger partial charge in [-0.05, 0) is 48.5 Å². The van der Waals surface area contributed by atoms with Crippen molar-refractivity contribution in [1.29, 1.82) is 0 Å². The largest absolute Gasteiger partial charge is 0.255 e. The van der Waals surface area contributed by atoms with Crippen molar-refractivity contribution in [3.63, 3.8) is 0 Å². The Bertz CT molecular complexity index is 873. The van der Waals surface area contributed by atoms with Crippen molar-refractivity contribution in [3.05, 3.63) is 97.6 Å². The standard InChI is InChI=1S/2C10H8N2.CH3.2BF4.Fe/c2*1-3-7-11-9(5-1)10-6-2-4-8-12-10;;2*2-1(3,4)5;/h2*1-8H;1H3;;;/q;;;2*-1;+2. The summed E-state index contributed by atoms with van der Waals surface area (Å²) in [7, 11) is -12.0. The van der Waals surface area contributed by atoms with Gasteiger partial charge < -0.3 is 34.5 Å². The topological polar surface area (TPSA) is 51.6 Å². The third-order valence-corrected chi connectivity index (χ3v) is 3.18. The molecule has 0 spiro atoms. The molecule has 4 nitrogen and oxygen atoms in total. The second kappa shape index (κ2) is 18.0. The molecule has 0 aliphatic heterocycles. The van der Waals surface area contributed by atoms with Gasteiger partial charge in [0.25, 0.3) is 0 Å². The van der Waals surface area contributed by atoms with Gasteiger partial charge in [-0.1, -0.05) is 24.3 Å². The molecule has 0 atom stereocenters. The molecule has 0 saturated heterocycles. The van der Waals surface area contributed by atoms with Crippen LogP contribution in [0.15, 0.2) is 97.6 Å². The zero-order valence-corrected chi connectivity index (χ0v) is 19.7. The van der Waals surface area contributed by atoms with E-state index in [2.05, 4.69) is 35.9 Å². The molecule has 0 radical (unpaired) electrons. The van der Waals surface area contributed by atoms with Crippen LogP contribution in [-0.2, 0) is 16.0 Å². The smallest absolute Gasteiger partial charge is 0.0886 e. The first kappa shape index (κ1) is 32.7. The van der Waals surface area contributed by atoms with E-state index in [4.69, 9.17) is 0 Å². The van der Waals surface area contributed by atoms with E-state index in [-0.39, 0.29) is 0 Å². The van der Waals surface area contributed by atoms with Crippen molar-refractivity contribution in [3.8, 4) is 22.8 Å². The normalized spacial score (nSPS) is 9.92. The van der Waals surface area contributed by atoms with E-state index in [0.29, 0.717) is 0 Å². The van der Waals surface area contributed by atoms with Gasteiger partial charge in [0.2, 0.25) is 0 Å². The molecular weight excluding hydrogens is 538 g/mol. The van der Waals surface area contributed by atoms with Crippen LogP contribution in [0.25, 0.3) is 22.8 Å². The van der Waals surface area contributed by atoms with Gasteiger partial charge in [0, 0.05) is 24.8 Å². The number of hydrogen-bond donors (Lipinski definition) is 0. The minimum atomic E-state index is -6.00. The quantitative estimate of drug-likeness (QED) is 0.190. The van der Waals surface area contributed by atoms with Crippen LogP contribution in [0.1, 0.15) is 0 Å². The van der Waals surface area contributed by atoms with Gasteiger partial charge in [0.15, 0.2) is 0 Å². The van der Waals surface area contributed by atoms with Crippen LogP contribution >= 0.6 is 0 Å². The summed E-state index contributed by atoms with van der Waals surface area (Å²) in [4.78, 5) is 16.7. The molecule has 0 unspecified atom stereocenters. The van der Waals surface area contributed by atoms with Gasteiger partial charge in [-0.15, -0.1) is 0 Å². The third kappa shape index (κ3) is 20.1. The predicted octanol–water partition coefficient (Wildman–Crippen LogP) is 7.47. The number of aromatic nitrogens is 4. The Morgan fingerprint density at radius 3 is 0.694 bits per heavy atom. The van der Waals surface area contributed by atoms with Crippen molar-refractivity contribution in [1.82, 2.24) is 19.9 Å². The summed E-state index contributed by atoms with van der Waals surface area (Å²) < 4.78 is 78.0. The zero-order chi connectivity index (χ0) is 27.5. The van der Waals surface area contributed by atoms with E-state index >= 15 is 0 Å². The minimum absolute atomic E-state index is 0.915. The van der Waals surface area contributed by atoms with Crippen molar-refractivity contribution < 1.29 is 50.5 Å². The molecule has 36 heavy (non-hydrogen) atoms. The summed E-state index contributed by atoms with van der Waals surface area (Å²) in [5.74, 6) is 1.75. The number of halogens is 8. The van der Waals surface area contributed by atoms with Gasteiger partial charge in [0.05, 0.1) is 22.8 Å². The van der Waals surface area contributed by atoms with Crippen LogP contribution in [0.5, 0.6) is 0 Å². The second-order valence-electron chi connectivity index (χ2n) is 5.85. The maximum Gasteiger partial charge on any atom is 0.0886 e. The van der Waals surface area contributed by atoms with Crippen molar-refractivity contribution in [2.24, 2.45) is 0 Å². The average molecular weight is 557 g/mol. The summed E-state index contributed by atoms with van der Waals surface area (Å²) in [5, 5.41) is 0. The number of nitrogens with zero attached hydrogens (tertiary/aromatic N) is 4. The average Bonchev–Trinajstić information content (AvgIpc) is 2.86. The molecule has 0 bridgehead atoms. The van der Waals surface area contributed by atoms with E-state index in [1.807, 2.05) is 72.8 Å². The maximum atomic E-state index is 9.75. The molecule has 15 heteroatoms. The Balaban J connectivity index is 0.000000480. The Hall–Kier alpha value is -3.31. The summed E-state index contributed by atoms with van der Waals surface area (Å²) in [6.07, 6.45) is 7.07. The Morgan fingerprint density at radius 1 is 0.417 bits per heavy atom. The number of hydrogen-bond acceptors (Lipinski definition) is 4. The van der Waals surface area contributed by atoms with Crippen molar-refractivity contribution in [2.45, 2.75) is 5.82 Å². The molecule has 0 aliphatic carbocycles. The molecular formula is C21H19B2F8FeN4. The van der Waals surface area contributed by atoms with Crippen LogP contribution in [0.4, 0.5) is 34.5 Å². The van der Waals surface area contributed by atoms with E-state index in [1.54, 1.807) is 30.6 Å². The number of pyridine rings is 4. The van der Waals surface area contributed by atoms with Gasteiger partial charge in [-0.25, -0.2) is 0 Å². The molecule has 4 aromatic heterocycles. The van der Waals surface area contributed by atoms with Crippen LogP contribution in [0.3, 0.4) is 0 Å².